The summed E-state index contributed by atoms with van der Waals surface area (Å²) >= 11 is 1.30. The highest BCUT2D eigenvalue weighted by Gasteiger charge is 2.27. The zero-order valence-corrected chi connectivity index (χ0v) is 13.2. The summed E-state index contributed by atoms with van der Waals surface area (Å²) < 4.78 is 5.36. The van der Waals surface area contributed by atoms with Crippen molar-refractivity contribution in [1.29, 1.82) is 0 Å². The van der Waals surface area contributed by atoms with Crippen molar-refractivity contribution < 1.29 is 19.1 Å². The lowest BCUT2D eigenvalue weighted by molar-refractivity contribution is -0.121. The summed E-state index contributed by atoms with van der Waals surface area (Å²) in [5.74, 6) is 0.393. The van der Waals surface area contributed by atoms with Gasteiger partial charge in [-0.25, -0.2) is 0 Å². The van der Waals surface area contributed by atoms with Crippen LogP contribution in [0.3, 0.4) is 0 Å². The maximum absolute atomic E-state index is 11.7. The minimum atomic E-state index is -1.30. The van der Waals surface area contributed by atoms with E-state index in [0.717, 1.165) is 0 Å². The average molecular weight is 322 g/mol. The largest absolute Gasteiger partial charge is 0.463 e. The van der Waals surface area contributed by atoms with Crippen molar-refractivity contribution in [2.24, 2.45) is 0 Å². The van der Waals surface area contributed by atoms with Gasteiger partial charge in [-0.15, -0.1) is 11.3 Å². The van der Waals surface area contributed by atoms with Crippen molar-refractivity contribution in [1.82, 2.24) is 10.6 Å². The predicted octanol–water partition coefficient (Wildman–Crippen LogP) is 1.40. The Kier molecular flexibility index (Phi) is 4.99. The Morgan fingerprint density at radius 3 is 2.68 bits per heavy atom. The van der Waals surface area contributed by atoms with Crippen LogP contribution in [0.4, 0.5) is 0 Å². The summed E-state index contributed by atoms with van der Waals surface area (Å²) in [6.45, 7) is 3.17. The lowest BCUT2D eigenvalue weighted by atomic mass is 10.0. The van der Waals surface area contributed by atoms with Gasteiger partial charge in [0.25, 0.3) is 5.91 Å². The Balaban J connectivity index is 1.79. The van der Waals surface area contributed by atoms with Crippen LogP contribution < -0.4 is 10.6 Å². The molecule has 1 unspecified atom stereocenters. The molecule has 0 aliphatic rings. The zero-order valence-electron chi connectivity index (χ0n) is 12.4. The molecule has 0 spiro atoms. The summed E-state index contributed by atoms with van der Waals surface area (Å²) in [5.41, 5.74) is -1.30. The number of thiophene rings is 1. The van der Waals surface area contributed by atoms with E-state index in [0.29, 0.717) is 16.4 Å². The minimum absolute atomic E-state index is 0.00629. The molecule has 2 aromatic heterocycles. The van der Waals surface area contributed by atoms with Crippen molar-refractivity contribution in [3.63, 3.8) is 0 Å². The Labute approximate surface area is 132 Å². The lowest BCUT2D eigenvalue weighted by Crippen LogP contribution is -2.43. The van der Waals surface area contributed by atoms with Gasteiger partial charge < -0.3 is 20.2 Å². The number of hydrogen-bond donors (Lipinski definition) is 3. The number of carbonyl (C=O) groups is 2. The van der Waals surface area contributed by atoms with E-state index >= 15 is 0 Å². The van der Waals surface area contributed by atoms with E-state index < -0.39 is 5.60 Å². The number of amides is 2. The third-order valence-electron chi connectivity index (χ3n) is 3.06. The van der Waals surface area contributed by atoms with E-state index in [1.54, 1.807) is 43.5 Å². The van der Waals surface area contributed by atoms with Crippen molar-refractivity contribution in [3.05, 3.63) is 46.0 Å². The highest BCUT2D eigenvalue weighted by Crippen LogP contribution is 2.21. The van der Waals surface area contributed by atoms with E-state index in [2.05, 4.69) is 10.6 Å². The summed E-state index contributed by atoms with van der Waals surface area (Å²) in [6.07, 6.45) is 0. The molecule has 0 aromatic carbocycles. The maximum Gasteiger partial charge on any atom is 0.261 e. The number of aliphatic hydroxyl groups is 1. The second kappa shape index (κ2) is 6.76. The van der Waals surface area contributed by atoms with Crippen LogP contribution in [0, 0.1) is 6.92 Å². The van der Waals surface area contributed by atoms with Crippen LogP contribution >= 0.6 is 11.3 Å². The molecule has 0 aliphatic carbocycles. The van der Waals surface area contributed by atoms with E-state index in [1.807, 2.05) is 0 Å². The fourth-order valence-corrected chi connectivity index (χ4v) is 2.44. The molecule has 22 heavy (non-hydrogen) atoms. The SMILES string of the molecule is Cc1ccc(C(C)(O)CNC(=O)CNC(=O)c2cccs2)o1. The molecule has 0 fully saturated rings. The lowest BCUT2D eigenvalue weighted by Gasteiger charge is -2.21. The molecule has 2 amide bonds. The van der Waals surface area contributed by atoms with Crippen LogP contribution in [-0.4, -0.2) is 30.0 Å². The predicted molar refractivity (Wildman–Crippen MR) is 82.7 cm³/mol. The van der Waals surface area contributed by atoms with Gasteiger partial charge in [0.2, 0.25) is 5.91 Å². The van der Waals surface area contributed by atoms with Gasteiger partial charge in [-0.3, -0.25) is 9.59 Å². The first-order chi connectivity index (χ1) is 10.4. The maximum atomic E-state index is 11.7. The average Bonchev–Trinajstić information content (AvgIpc) is 3.14. The standard InChI is InChI=1S/C15H18N2O4S/c1-10-5-6-12(21-10)15(2,20)9-17-13(18)8-16-14(19)11-4-3-7-22-11/h3-7,20H,8-9H2,1-2H3,(H,16,19)(H,17,18). The van der Waals surface area contributed by atoms with Crippen LogP contribution in [-0.2, 0) is 10.4 Å². The zero-order chi connectivity index (χ0) is 16.2. The summed E-state index contributed by atoms with van der Waals surface area (Å²) in [6, 6.07) is 6.86. The van der Waals surface area contributed by atoms with Gasteiger partial charge in [0.05, 0.1) is 18.0 Å². The summed E-state index contributed by atoms with van der Waals surface area (Å²) in [5, 5.41) is 17.2. The van der Waals surface area contributed by atoms with Gasteiger partial charge in [0.1, 0.15) is 17.1 Å². The van der Waals surface area contributed by atoms with Crippen molar-refractivity contribution in [2.45, 2.75) is 19.4 Å². The van der Waals surface area contributed by atoms with Crippen LogP contribution in [0.2, 0.25) is 0 Å². The van der Waals surface area contributed by atoms with E-state index in [-0.39, 0.29) is 24.9 Å². The highest BCUT2D eigenvalue weighted by atomic mass is 32.1. The molecule has 0 bridgehead atoms. The molecule has 6 nitrogen and oxygen atoms in total. The first-order valence-electron chi connectivity index (χ1n) is 6.76. The first kappa shape index (κ1) is 16.3. The van der Waals surface area contributed by atoms with Crippen molar-refractivity contribution in [3.8, 4) is 0 Å². The van der Waals surface area contributed by atoms with Crippen molar-refractivity contribution >= 4 is 23.2 Å². The molecule has 1 atom stereocenters. The summed E-state index contributed by atoms with van der Waals surface area (Å²) in [4.78, 5) is 24.0. The van der Waals surface area contributed by atoms with Crippen LogP contribution in [0.1, 0.15) is 28.1 Å². The Bertz CT molecular complexity index is 646. The number of carbonyl (C=O) groups excluding carboxylic acids is 2. The third-order valence-corrected chi connectivity index (χ3v) is 3.92. The molecule has 0 saturated heterocycles. The first-order valence-corrected chi connectivity index (χ1v) is 7.64. The number of rotatable bonds is 6. The molecule has 118 valence electrons. The Morgan fingerprint density at radius 1 is 1.32 bits per heavy atom. The molecule has 2 rings (SSSR count). The summed E-state index contributed by atoms with van der Waals surface area (Å²) in [7, 11) is 0. The molecule has 3 N–H and O–H groups in total. The van der Waals surface area contributed by atoms with Gasteiger partial charge in [0, 0.05) is 0 Å². The second-order valence-corrected chi connectivity index (χ2v) is 6.07. The smallest absolute Gasteiger partial charge is 0.261 e. The van der Waals surface area contributed by atoms with Crippen LogP contribution in [0.15, 0.2) is 34.1 Å². The topological polar surface area (TPSA) is 91.6 Å². The second-order valence-electron chi connectivity index (χ2n) is 5.12. The van der Waals surface area contributed by atoms with E-state index in [4.69, 9.17) is 4.42 Å². The van der Waals surface area contributed by atoms with Crippen LogP contribution in [0.25, 0.3) is 0 Å². The fraction of sp³-hybridized carbons (Fsp3) is 0.333. The Morgan fingerprint density at radius 2 is 2.09 bits per heavy atom. The number of furan rings is 1. The van der Waals surface area contributed by atoms with Gasteiger partial charge >= 0.3 is 0 Å². The quantitative estimate of drug-likeness (QED) is 0.750. The molecular formula is C15H18N2O4S. The van der Waals surface area contributed by atoms with Crippen LogP contribution in [0.5, 0.6) is 0 Å². The van der Waals surface area contributed by atoms with E-state index in [9.17, 15) is 14.7 Å². The van der Waals surface area contributed by atoms with Gasteiger partial charge in [0.15, 0.2) is 0 Å². The van der Waals surface area contributed by atoms with Gasteiger partial charge in [-0.05, 0) is 37.4 Å². The molecule has 0 aliphatic heterocycles. The van der Waals surface area contributed by atoms with Gasteiger partial charge in [-0.1, -0.05) is 6.07 Å². The number of nitrogens with one attached hydrogen (secondary N) is 2. The fourth-order valence-electron chi connectivity index (χ4n) is 1.80. The Hall–Kier alpha value is -2.12. The third kappa shape index (κ3) is 4.19. The molecule has 7 heteroatoms. The van der Waals surface area contributed by atoms with E-state index in [1.165, 1.54) is 11.3 Å². The number of hydrogen-bond acceptors (Lipinski definition) is 5. The molecule has 0 saturated carbocycles. The molecule has 2 aromatic rings. The molecule has 0 radical (unpaired) electrons. The monoisotopic (exact) mass is 322 g/mol. The molecule has 2 heterocycles. The number of aryl methyl sites for hydroxylation is 1. The highest BCUT2D eigenvalue weighted by molar-refractivity contribution is 7.12. The van der Waals surface area contributed by atoms with Gasteiger partial charge in [-0.2, -0.15) is 0 Å². The van der Waals surface area contributed by atoms with Crippen molar-refractivity contribution in [2.75, 3.05) is 13.1 Å². The minimum Gasteiger partial charge on any atom is -0.463 e. The normalized spacial score (nSPS) is 13.4. The molecular weight excluding hydrogens is 304 g/mol.